The minimum atomic E-state index is 0.0889. The Kier molecular flexibility index (Phi) is 5.92. The van der Waals surface area contributed by atoms with E-state index in [4.69, 9.17) is 4.74 Å². The Morgan fingerprint density at radius 1 is 1.35 bits per heavy atom. The summed E-state index contributed by atoms with van der Waals surface area (Å²) in [6.45, 7) is 9.47. The van der Waals surface area contributed by atoms with Crippen LogP contribution in [0.1, 0.15) is 40.5 Å². The Morgan fingerprint density at radius 2 is 2.00 bits per heavy atom. The van der Waals surface area contributed by atoms with Crippen LogP contribution in [0.15, 0.2) is 0 Å². The van der Waals surface area contributed by atoms with Gasteiger partial charge < -0.3 is 15.4 Å². The molecule has 1 aliphatic rings. The minimum absolute atomic E-state index is 0.0889. The zero-order valence-electron chi connectivity index (χ0n) is 11.5. The molecule has 1 atom stereocenters. The quantitative estimate of drug-likeness (QED) is 0.707. The molecule has 17 heavy (non-hydrogen) atoms. The Morgan fingerprint density at radius 3 is 2.53 bits per heavy atom. The minimum Gasteiger partial charge on any atom is -0.378 e. The Labute approximate surface area is 104 Å². The molecule has 0 aromatic heterocycles. The van der Waals surface area contributed by atoms with Crippen molar-refractivity contribution in [3.8, 4) is 0 Å². The molecule has 0 aromatic rings. The molecule has 1 aliphatic carbocycles. The van der Waals surface area contributed by atoms with Crippen molar-refractivity contribution < 1.29 is 9.53 Å². The average molecular weight is 242 g/mol. The van der Waals surface area contributed by atoms with Crippen LogP contribution >= 0.6 is 0 Å². The van der Waals surface area contributed by atoms with E-state index in [1.807, 2.05) is 13.8 Å². The van der Waals surface area contributed by atoms with Crippen LogP contribution in [-0.2, 0) is 9.53 Å². The molecule has 1 saturated carbocycles. The van der Waals surface area contributed by atoms with Crippen LogP contribution in [0.3, 0.4) is 0 Å². The number of hydrogen-bond acceptors (Lipinski definition) is 3. The highest BCUT2D eigenvalue weighted by Gasteiger charge is 2.29. The first kappa shape index (κ1) is 14.5. The van der Waals surface area contributed by atoms with E-state index in [0.717, 1.165) is 19.4 Å². The fourth-order valence-electron chi connectivity index (χ4n) is 1.81. The van der Waals surface area contributed by atoms with Gasteiger partial charge in [0.2, 0.25) is 5.91 Å². The zero-order valence-corrected chi connectivity index (χ0v) is 11.5. The number of carbonyl (C=O) groups excluding carboxylic acids is 1. The van der Waals surface area contributed by atoms with Crippen molar-refractivity contribution >= 4 is 5.91 Å². The normalized spacial score (nSPS) is 25.5. The zero-order chi connectivity index (χ0) is 12.8. The molecule has 0 aromatic carbocycles. The fourth-order valence-corrected chi connectivity index (χ4v) is 1.81. The van der Waals surface area contributed by atoms with Gasteiger partial charge in [-0.2, -0.15) is 0 Å². The Bertz CT molecular complexity index is 238. The molecule has 0 saturated heterocycles. The number of carbonyl (C=O) groups is 1. The molecule has 1 rings (SSSR count). The van der Waals surface area contributed by atoms with Crippen molar-refractivity contribution in [2.75, 3.05) is 13.2 Å². The van der Waals surface area contributed by atoms with Crippen molar-refractivity contribution in [2.24, 2.45) is 5.92 Å². The van der Waals surface area contributed by atoms with E-state index in [0.29, 0.717) is 24.6 Å². The van der Waals surface area contributed by atoms with E-state index >= 15 is 0 Å². The van der Waals surface area contributed by atoms with Gasteiger partial charge in [0.15, 0.2) is 0 Å². The second-order valence-electron chi connectivity index (χ2n) is 5.23. The standard InChI is InChI=1S/C13H26N2O2/c1-5-17-12-6-11(7-12)14-8-13(16)15-10(4)9(2)3/h9-12,14H,5-8H2,1-4H3,(H,15,16). The van der Waals surface area contributed by atoms with Gasteiger partial charge in [-0.1, -0.05) is 13.8 Å². The molecule has 4 heteroatoms. The summed E-state index contributed by atoms with van der Waals surface area (Å²) >= 11 is 0. The molecule has 4 nitrogen and oxygen atoms in total. The highest BCUT2D eigenvalue weighted by Crippen LogP contribution is 2.22. The highest BCUT2D eigenvalue weighted by molar-refractivity contribution is 5.78. The lowest BCUT2D eigenvalue weighted by Gasteiger charge is -2.35. The van der Waals surface area contributed by atoms with Crippen LogP contribution in [-0.4, -0.2) is 37.2 Å². The van der Waals surface area contributed by atoms with Crippen molar-refractivity contribution in [1.29, 1.82) is 0 Å². The summed E-state index contributed by atoms with van der Waals surface area (Å²) in [7, 11) is 0. The van der Waals surface area contributed by atoms with Crippen molar-refractivity contribution in [3.05, 3.63) is 0 Å². The molecule has 0 bridgehead atoms. The fraction of sp³-hybridized carbons (Fsp3) is 0.923. The molecule has 0 radical (unpaired) electrons. The lowest BCUT2D eigenvalue weighted by Crippen LogP contribution is -2.49. The summed E-state index contributed by atoms with van der Waals surface area (Å²) in [5.41, 5.74) is 0. The maximum atomic E-state index is 11.6. The van der Waals surface area contributed by atoms with E-state index in [1.165, 1.54) is 0 Å². The third-order valence-corrected chi connectivity index (χ3v) is 3.44. The van der Waals surface area contributed by atoms with E-state index in [9.17, 15) is 4.79 Å². The molecule has 100 valence electrons. The first-order valence-electron chi connectivity index (χ1n) is 6.67. The second-order valence-corrected chi connectivity index (χ2v) is 5.23. The van der Waals surface area contributed by atoms with E-state index < -0.39 is 0 Å². The molecule has 0 heterocycles. The largest absolute Gasteiger partial charge is 0.378 e. The number of ether oxygens (including phenoxy) is 1. The number of amides is 1. The van der Waals surface area contributed by atoms with Gasteiger partial charge in [0.25, 0.3) is 0 Å². The lowest BCUT2D eigenvalue weighted by atomic mass is 9.89. The first-order chi connectivity index (χ1) is 8.02. The lowest BCUT2D eigenvalue weighted by molar-refractivity contribution is -0.121. The number of hydrogen-bond donors (Lipinski definition) is 2. The molecule has 0 aliphatic heterocycles. The number of rotatable bonds is 7. The molecule has 0 spiro atoms. The summed E-state index contributed by atoms with van der Waals surface area (Å²) in [5.74, 6) is 0.566. The Hall–Kier alpha value is -0.610. The molecular weight excluding hydrogens is 216 g/mol. The van der Waals surface area contributed by atoms with Gasteiger partial charge in [0.1, 0.15) is 0 Å². The van der Waals surface area contributed by atoms with Gasteiger partial charge in [-0.25, -0.2) is 0 Å². The van der Waals surface area contributed by atoms with Gasteiger partial charge >= 0.3 is 0 Å². The monoisotopic (exact) mass is 242 g/mol. The van der Waals surface area contributed by atoms with Crippen molar-refractivity contribution in [3.63, 3.8) is 0 Å². The molecule has 1 fully saturated rings. The third-order valence-electron chi connectivity index (χ3n) is 3.44. The van der Waals surface area contributed by atoms with E-state index in [-0.39, 0.29) is 11.9 Å². The molecule has 1 amide bonds. The Balaban J connectivity index is 2.06. The van der Waals surface area contributed by atoms with Crippen molar-refractivity contribution in [2.45, 2.75) is 58.7 Å². The molecular formula is C13H26N2O2. The average Bonchev–Trinajstić information content (AvgIpc) is 2.20. The number of nitrogens with one attached hydrogen (secondary N) is 2. The third kappa shape index (κ3) is 5.04. The van der Waals surface area contributed by atoms with Crippen LogP contribution in [0.4, 0.5) is 0 Å². The maximum Gasteiger partial charge on any atom is 0.234 e. The van der Waals surface area contributed by atoms with Crippen LogP contribution in [0.5, 0.6) is 0 Å². The molecule has 1 unspecified atom stereocenters. The summed E-state index contributed by atoms with van der Waals surface area (Å²) in [6.07, 6.45) is 2.46. The molecule has 2 N–H and O–H groups in total. The van der Waals surface area contributed by atoms with Crippen LogP contribution in [0.2, 0.25) is 0 Å². The topological polar surface area (TPSA) is 50.4 Å². The smallest absolute Gasteiger partial charge is 0.234 e. The van der Waals surface area contributed by atoms with Crippen LogP contribution in [0, 0.1) is 5.92 Å². The van der Waals surface area contributed by atoms with Crippen LogP contribution < -0.4 is 10.6 Å². The second kappa shape index (κ2) is 6.97. The van der Waals surface area contributed by atoms with Gasteiger partial charge in [-0.3, -0.25) is 4.79 Å². The maximum absolute atomic E-state index is 11.6. The van der Waals surface area contributed by atoms with Crippen molar-refractivity contribution in [1.82, 2.24) is 10.6 Å². The highest BCUT2D eigenvalue weighted by atomic mass is 16.5. The summed E-state index contributed by atoms with van der Waals surface area (Å²) in [6, 6.07) is 0.688. The predicted molar refractivity (Wildman–Crippen MR) is 68.9 cm³/mol. The predicted octanol–water partition coefficient (Wildman–Crippen LogP) is 1.30. The van der Waals surface area contributed by atoms with Crippen LogP contribution in [0.25, 0.3) is 0 Å². The van der Waals surface area contributed by atoms with Gasteiger partial charge in [0.05, 0.1) is 12.6 Å². The first-order valence-corrected chi connectivity index (χ1v) is 6.67. The van der Waals surface area contributed by atoms with E-state index in [2.05, 4.69) is 24.5 Å². The summed E-state index contributed by atoms with van der Waals surface area (Å²) in [5, 5.41) is 6.25. The summed E-state index contributed by atoms with van der Waals surface area (Å²) in [4.78, 5) is 11.6. The SMILES string of the molecule is CCOC1CC(NCC(=O)NC(C)C(C)C)C1. The summed E-state index contributed by atoms with van der Waals surface area (Å²) < 4.78 is 5.47. The van der Waals surface area contributed by atoms with Gasteiger partial charge in [-0.15, -0.1) is 0 Å². The van der Waals surface area contributed by atoms with E-state index in [1.54, 1.807) is 0 Å². The van der Waals surface area contributed by atoms with Gasteiger partial charge in [0, 0.05) is 18.7 Å². The van der Waals surface area contributed by atoms with Gasteiger partial charge in [-0.05, 0) is 32.6 Å².